The molecule has 5 aromatic rings. The quantitative estimate of drug-likeness (QED) is 0.407. The average molecular weight is 454 g/mol. The third kappa shape index (κ3) is 3.95. The highest BCUT2D eigenvalue weighted by Gasteiger charge is 2.22. The number of hydrogen-bond acceptors (Lipinski definition) is 9. The molecular weight excluding hydrogens is 432 g/mol. The third-order valence-electron chi connectivity index (χ3n) is 5.64. The van der Waals surface area contributed by atoms with E-state index >= 15 is 0 Å². The van der Waals surface area contributed by atoms with E-state index in [0.29, 0.717) is 41.8 Å². The van der Waals surface area contributed by atoms with E-state index in [1.54, 1.807) is 18.6 Å². The van der Waals surface area contributed by atoms with Crippen molar-refractivity contribution < 1.29 is 9.15 Å². The molecular formula is C24H22N8O2. The second-order valence-corrected chi connectivity index (χ2v) is 8.04. The van der Waals surface area contributed by atoms with Crippen LogP contribution in [-0.4, -0.2) is 56.4 Å². The van der Waals surface area contributed by atoms with Crippen molar-refractivity contribution in [1.82, 2.24) is 30.1 Å². The summed E-state index contributed by atoms with van der Waals surface area (Å²) in [6.45, 7) is 4.75. The maximum Gasteiger partial charge on any atom is 0.231 e. The van der Waals surface area contributed by atoms with Gasteiger partial charge in [0.15, 0.2) is 17.2 Å². The number of anilines is 3. The number of nitrogens with one attached hydrogen (secondary N) is 2. The van der Waals surface area contributed by atoms with E-state index in [-0.39, 0.29) is 0 Å². The van der Waals surface area contributed by atoms with Crippen LogP contribution < -0.4 is 10.2 Å². The number of ether oxygens (including phenoxy) is 1. The number of rotatable bonds is 5. The standard InChI is InChI=1S/C24H22N8O2/c1-15-2-7-26-17(12-15)18-14-21(31-30-18)28-24-27-19-13-20(16-3-5-25-6-4-16)34-22(19)23(29-24)32-8-10-33-11-9-32/h2-7,12-14H,8-11H2,1H3,(H2,27,28,29,30,31). The van der Waals surface area contributed by atoms with Crippen molar-refractivity contribution in [3.63, 3.8) is 0 Å². The highest BCUT2D eigenvalue weighted by molar-refractivity contribution is 5.89. The Labute approximate surface area is 195 Å². The van der Waals surface area contributed by atoms with Crippen LogP contribution in [0.4, 0.5) is 17.6 Å². The minimum absolute atomic E-state index is 0.436. The number of pyridine rings is 2. The Bertz CT molecular complexity index is 1440. The number of furan rings is 1. The highest BCUT2D eigenvalue weighted by Crippen LogP contribution is 2.33. The molecule has 0 saturated carbocycles. The molecule has 0 unspecified atom stereocenters. The van der Waals surface area contributed by atoms with E-state index in [1.807, 2.05) is 43.3 Å². The minimum atomic E-state index is 0.436. The Morgan fingerprint density at radius 2 is 1.85 bits per heavy atom. The number of fused-ring (bicyclic) bond motifs is 1. The highest BCUT2D eigenvalue weighted by atomic mass is 16.5. The molecule has 10 heteroatoms. The van der Waals surface area contributed by atoms with Gasteiger partial charge >= 0.3 is 0 Å². The van der Waals surface area contributed by atoms with Crippen LogP contribution in [0.1, 0.15) is 5.56 Å². The number of hydrogen-bond donors (Lipinski definition) is 2. The van der Waals surface area contributed by atoms with E-state index < -0.39 is 0 Å². The van der Waals surface area contributed by atoms with Crippen LogP contribution in [0, 0.1) is 6.92 Å². The van der Waals surface area contributed by atoms with Gasteiger partial charge in [0.2, 0.25) is 5.95 Å². The molecule has 1 aliphatic rings. The Hall–Kier alpha value is -4.31. The predicted octanol–water partition coefficient (Wildman–Crippen LogP) is 3.96. The van der Waals surface area contributed by atoms with Crippen LogP contribution in [0.3, 0.4) is 0 Å². The molecule has 0 spiro atoms. The molecule has 5 aromatic heterocycles. The summed E-state index contributed by atoms with van der Waals surface area (Å²) in [5.41, 5.74) is 5.04. The van der Waals surface area contributed by atoms with Crippen molar-refractivity contribution in [2.75, 3.05) is 36.5 Å². The number of aryl methyl sites for hydroxylation is 1. The topological polar surface area (TPSA) is 118 Å². The second kappa shape index (κ2) is 8.56. The van der Waals surface area contributed by atoms with Gasteiger partial charge in [-0.05, 0) is 36.8 Å². The zero-order chi connectivity index (χ0) is 22.9. The Morgan fingerprint density at radius 3 is 2.68 bits per heavy atom. The number of H-pyrrole nitrogens is 1. The maximum absolute atomic E-state index is 6.22. The summed E-state index contributed by atoms with van der Waals surface area (Å²) in [7, 11) is 0. The first-order chi connectivity index (χ1) is 16.7. The first-order valence-corrected chi connectivity index (χ1v) is 11.0. The lowest BCUT2D eigenvalue weighted by molar-refractivity contribution is 0.122. The lowest BCUT2D eigenvalue weighted by Crippen LogP contribution is -2.37. The van der Waals surface area contributed by atoms with Gasteiger partial charge in [-0.25, -0.2) is 4.98 Å². The molecule has 1 saturated heterocycles. The van der Waals surface area contributed by atoms with Gasteiger partial charge in [0.05, 0.1) is 24.6 Å². The molecule has 0 amide bonds. The predicted molar refractivity (Wildman–Crippen MR) is 128 cm³/mol. The molecule has 0 aliphatic carbocycles. The third-order valence-corrected chi connectivity index (χ3v) is 5.64. The van der Waals surface area contributed by atoms with Gasteiger partial charge in [0.1, 0.15) is 11.3 Å². The van der Waals surface area contributed by atoms with Gasteiger partial charge in [-0.3, -0.25) is 15.1 Å². The second-order valence-electron chi connectivity index (χ2n) is 8.04. The summed E-state index contributed by atoms with van der Waals surface area (Å²) >= 11 is 0. The summed E-state index contributed by atoms with van der Waals surface area (Å²) in [4.78, 5) is 20.2. The fraction of sp³-hybridized carbons (Fsp3) is 0.208. The van der Waals surface area contributed by atoms with Gasteiger partial charge in [-0.15, -0.1) is 0 Å². The fourth-order valence-corrected chi connectivity index (χ4v) is 3.93. The van der Waals surface area contributed by atoms with E-state index in [2.05, 4.69) is 30.4 Å². The molecule has 6 heterocycles. The maximum atomic E-state index is 6.22. The van der Waals surface area contributed by atoms with Crippen LogP contribution in [0.5, 0.6) is 0 Å². The molecule has 2 N–H and O–H groups in total. The first-order valence-electron chi connectivity index (χ1n) is 11.0. The average Bonchev–Trinajstić information content (AvgIpc) is 3.52. The largest absolute Gasteiger partial charge is 0.450 e. The van der Waals surface area contributed by atoms with E-state index in [1.165, 1.54) is 0 Å². The summed E-state index contributed by atoms with van der Waals surface area (Å²) < 4.78 is 11.8. The number of morpholine rings is 1. The van der Waals surface area contributed by atoms with Gasteiger partial charge in [0.25, 0.3) is 0 Å². The Balaban J connectivity index is 1.38. The fourth-order valence-electron chi connectivity index (χ4n) is 3.93. The SMILES string of the molecule is Cc1ccnc(-c2cc(Nc3nc(N4CCOCC4)c4oc(-c5ccncc5)cc4n3)n[nH]2)c1. The van der Waals surface area contributed by atoms with Crippen LogP contribution in [-0.2, 0) is 4.74 Å². The lowest BCUT2D eigenvalue weighted by atomic mass is 10.2. The Kier molecular flexibility index (Phi) is 5.11. The first kappa shape index (κ1) is 20.3. The summed E-state index contributed by atoms with van der Waals surface area (Å²) in [6.07, 6.45) is 5.26. The van der Waals surface area contributed by atoms with E-state index in [9.17, 15) is 0 Å². The smallest absolute Gasteiger partial charge is 0.231 e. The lowest BCUT2D eigenvalue weighted by Gasteiger charge is -2.27. The van der Waals surface area contributed by atoms with Gasteiger partial charge in [-0.2, -0.15) is 10.1 Å². The molecule has 0 aromatic carbocycles. The van der Waals surface area contributed by atoms with Crippen molar-refractivity contribution in [3.8, 4) is 22.7 Å². The van der Waals surface area contributed by atoms with Crippen molar-refractivity contribution in [3.05, 3.63) is 60.6 Å². The monoisotopic (exact) mass is 454 g/mol. The van der Waals surface area contributed by atoms with Crippen molar-refractivity contribution in [1.29, 1.82) is 0 Å². The van der Waals surface area contributed by atoms with Crippen LogP contribution in [0.25, 0.3) is 33.8 Å². The summed E-state index contributed by atoms with van der Waals surface area (Å²) in [5, 5.41) is 10.6. The zero-order valence-corrected chi connectivity index (χ0v) is 18.5. The molecule has 0 radical (unpaired) electrons. The normalized spacial score (nSPS) is 14.0. The summed E-state index contributed by atoms with van der Waals surface area (Å²) in [5.74, 6) is 2.48. The molecule has 0 bridgehead atoms. The van der Waals surface area contributed by atoms with Crippen LogP contribution in [0.15, 0.2) is 59.4 Å². The molecule has 1 fully saturated rings. The van der Waals surface area contributed by atoms with E-state index in [0.717, 1.165) is 41.4 Å². The molecule has 10 nitrogen and oxygen atoms in total. The number of nitrogens with zero attached hydrogens (tertiary/aromatic N) is 6. The van der Waals surface area contributed by atoms with Crippen molar-refractivity contribution in [2.45, 2.75) is 6.92 Å². The summed E-state index contributed by atoms with van der Waals surface area (Å²) in [6, 6.07) is 11.6. The molecule has 1 aliphatic heterocycles. The molecule has 6 rings (SSSR count). The van der Waals surface area contributed by atoms with E-state index in [4.69, 9.17) is 19.1 Å². The number of aromatic amines is 1. The van der Waals surface area contributed by atoms with Gasteiger partial charge < -0.3 is 19.4 Å². The van der Waals surface area contributed by atoms with Crippen molar-refractivity contribution >= 4 is 28.7 Å². The van der Waals surface area contributed by atoms with Crippen LogP contribution in [0.2, 0.25) is 0 Å². The zero-order valence-electron chi connectivity index (χ0n) is 18.5. The Morgan fingerprint density at radius 1 is 1.00 bits per heavy atom. The van der Waals surface area contributed by atoms with Crippen LogP contribution >= 0.6 is 0 Å². The molecule has 0 atom stereocenters. The number of aromatic nitrogens is 6. The van der Waals surface area contributed by atoms with Gasteiger partial charge in [0, 0.05) is 49.4 Å². The molecule has 170 valence electrons. The van der Waals surface area contributed by atoms with Crippen molar-refractivity contribution in [2.24, 2.45) is 0 Å². The minimum Gasteiger partial charge on any atom is -0.450 e. The van der Waals surface area contributed by atoms with Gasteiger partial charge in [-0.1, -0.05) is 0 Å². The molecule has 34 heavy (non-hydrogen) atoms.